The van der Waals surface area contributed by atoms with Gasteiger partial charge in [-0.1, -0.05) is 12.1 Å². The quantitative estimate of drug-likeness (QED) is 0.230. The van der Waals surface area contributed by atoms with E-state index in [1.54, 1.807) is 0 Å². The van der Waals surface area contributed by atoms with Gasteiger partial charge in [0.2, 0.25) is 0 Å². The normalized spacial score (nSPS) is 9.54. The number of hydrogen-bond acceptors (Lipinski definition) is 10. The van der Waals surface area contributed by atoms with E-state index >= 15 is 0 Å². The van der Waals surface area contributed by atoms with Gasteiger partial charge in [0.25, 0.3) is 11.8 Å². The van der Waals surface area contributed by atoms with E-state index in [1.807, 2.05) is 10.6 Å². The number of rotatable bonds is 2. The molecule has 0 fully saturated rings. The highest BCUT2D eigenvalue weighted by atomic mass is 32.2. The molecule has 12 nitrogen and oxygen atoms in total. The predicted octanol–water partition coefficient (Wildman–Crippen LogP) is 0.503. The van der Waals surface area contributed by atoms with Gasteiger partial charge in [-0.15, -0.1) is 0 Å². The van der Waals surface area contributed by atoms with Crippen LogP contribution in [0.15, 0.2) is 24.3 Å². The lowest BCUT2D eigenvalue weighted by atomic mass is 10.1. The molecule has 0 aliphatic carbocycles. The maximum Gasteiger partial charge on any atom is 0.426 e. The Bertz CT molecular complexity index is 707. The van der Waals surface area contributed by atoms with Crippen molar-refractivity contribution in [3.63, 3.8) is 0 Å². The molecule has 4 amide bonds. The van der Waals surface area contributed by atoms with Crippen LogP contribution in [0.5, 0.6) is 0 Å². The highest BCUT2D eigenvalue weighted by Crippen LogP contribution is 2.10. The molecule has 0 atom stereocenters. The van der Waals surface area contributed by atoms with Crippen molar-refractivity contribution in [1.29, 1.82) is 10.8 Å². The number of hydrogen-bond donors (Lipinski definition) is 6. The molecule has 138 valence electrons. The van der Waals surface area contributed by atoms with Crippen molar-refractivity contribution in [2.24, 2.45) is 11.5 Å². The SMILES string of the molecule is N=C(N)SOC(=O)NC(=O)c1ccccc1C(=O)NC(=O)OSC(=N)N. The third-order valence-electron chi connectivity index (χ3n) is 2.26. The fourth-order valence-corrected chi connectivity index (χ4v) is 1.82. The molecule has 0 aliphatic heterocycles. The van der Waals surface area contributed by atoms with Crippen LogP contribution in [0, 0.1) is 10.8 Å². The summed E-state index contributed by atoms with van der Waals surface area (Å²) in [7, 11) is 0. The Kier molecular flexibility index (Phi) is 7.91. The van der Waals surface area contributed by atoms with E-state index < -0.39 is 34.3 Å². The fourth-order valence-electron chi connectivity index (χ4n) is 1.41. The molecule has 0 radical (unpaired) electrons. The fraction of sp³-hybridized carbons (Fsp3) is 0. The Hall–Kier alpha value is -3.26. The number of imide groups is 2. The number of carbonyl (C=O) groups excluding carboxylic acids is 4. The predicted molar refractivity (Wildman–Crippen MR) is 93.3 cm³/mol. The number of amidine groups is 2. The van der Waals surface area contributed by atoms with Crippen molar-refractivity contribution < 1.29 is 27.5 Å². The number of nitrogens with one attached hydrogen (secondary N) is 4. The van der Waals surface area contributed by atoms with Crippen LogP contribution in [0.3, 0.4) is 0 Å². The maximum absolute atomic E-state index is 12.1. The number of amides is 4. The van der Waals surface area contributed by atoms with Gasteiger partial charge in [-0.3, -0.25) is 31.0 Å². The second-order valence-electron chi connectivity index (χ2n) is 4.09. The first-order chi connectivity index (χ1) is 12.2. The summed E-state index contributed by atoms with van der Waals surface area (Å²) in [6, 6.07) is 5.30. The zero-order valence-electron chi connectivity index (χ0n) is 12.7. The average Bonchev–Trinajstić information content (AvgIpc) is 2.58. The molecule has 0 aromatic heterocycles. The Morgan fingerprint density at radius 1 is 0.808 bits per heavy atom. The zero-order valence-corrected chi connectivity index (χ0v) is 14.4. The lowest BCUT2D eigenvalue weighted by Gasteiger charge is -2.09. The summed E-state index contributed by atoms with van der Waals surface area (Å²) < 4.78 is 8.80. The molecule has 1 aromatic rings. The van der Waals surface area contributed by atoms with Gasteiger partial charge in [-0.2, -0.15) is 0 Å². The van der Waals surface area contributed by atoms with Gasteiger partial charge in [0.05, 0.1) is 11.1 Å². The van der Waals surface area contributed by atoms with Gasteiger partial charge in [0.1, 0.15) is 24.1 Å². The van der Waals surface area contributed by atoms with Crippen LogP contribution in [-0.4, -0.2) is 34.3 Å². The van der Waals surface area contributed by atoms with E-state index in [1.165, 1.54) is 24.3 Å². The topological polar surface area (TPSA) is 211 Å². The van der Waals surface area contributed by atoms with Crippen LogP contribution in [0.2, 0.25) is 0 Å². The van der Waals surface area contributed by atoms with Crippen molar-refractivity contribution in [3.05, 3.63) is 35.4 Å². The largest absolute Gasteiger partial charge is 0.426 e. The van der Waals surface area contributed by atoms with Crippen molar-refractivity contribution >= 4 is 58.4 Å². The first-order valence-electron chi connectivity index (χ1n) is 6.37. The van der Waals surface area contributed by atoms with Crippen LogP contribution in [0.25, 0.3) is 0 Å². The van der Waals surface area contributed by atoms with E-state index in [9.17, 15) is 19.2 Å². The van der Waals surface area contributed by atoms with Gasteiger partial charge < -0.3 is 19.8 Å². The summed E-state index contributed by atoms with van der Waals surface area (Å²) in [5.41, 5.74) is 9.48. The molecule has 0 saturated heterocycles. The summed E-state index contributed by atoms with van der Waals surface area (Å²) in [5, 5.41) is 16.4. The molecule has 0 saturated carbocycles. The van der Waals surface area contributed by atoms with Gasteiger partial charge in [-0.05, 0) is 12.1 Å². The van der Waals surface area contributed by atoms with Gasteiger partial charge >= 0.3 is 12.2 Å². The van der Waals surface area contributed by atoms with Crippen LogP contribution >= 0.6 is 24.1 Å². The van der Waals surface area contributed by atoms with Gasteiger partial charge in [-0.25, -0.2) is 9.59 Å². The molecule has 1 aromatic carbocycles. The van der Waals surface area contributed by atoms with E-state index in [4.69, 9.17) is 22.3 Å². The van der Waals surface area contributed by atoms with Gasteiger partial charge in [0.15, 0.2) is 10.3 Å². The van der Waals surface area contributed by atoms with Crippen molar-refractivity contribution in [2.75, 3.05) is 0 Å². The van der Waals surface area contributed by atoms with Crippen LogP contribution in [0.4, 0.5) is 9.59 Å². The molecule has 0 heterocycles. The first kappa shape index (κ1) is 20.8. The minimum atomic E-state index is -1.21. The van der Waals surface area contributed by atoms with E-state index in [-0.39, 0.29) is 35.2 Å². The zero-order chi connectivity index (χ0) is 19.7. The summed E-state index contributed by atoms with van der Waals surface area (Å²) in [6.07, 6.45) is -2.41. The molecular weight excluding hydrogens is 388 g/mol. The highest BCUT2D eigenvalue weighted by molar-refractivity contribution is 8.10. The van der Waals surface area contributed by atoms with Crippen molar-refractivity contribution in [1.82, 2.24) is 10.6 Å². The monoisotopic (exact) mass is 400 g/mol. The summed E-state index contributed by atoms with van der Waals surface area (Å²) in [4.78, 5) is 47.0. The second kappa shape index (κ2) is 9.90. The minimum absolute atomic E-state index is 0.230. The first-order valence-corrected chi connectivity index (χ1v) is 7.85. The summed E-state index contributed by atoms with van der Waals surface area (Å²) >= 11 is 0.459. The van der Waals surface area contributed by atoms with Crippen LogP contribution < -0.4 is 22.1 Å². The lowest BCUT2D eigenvalue weighted by Crippen LogP contribution is -2.35. The lowest BCUT2D eigenvalue weighted by molar-refractivity contribution is 0.0917. The van der Waals surface area contributed by atoms with E-state index in [0.29, 0.717) is 0 Å². The molecule has 0 bridgehead atoms. The smallest absolute Gasteiger partial charge is 0.376 e. The summed E-state index contributed by atoms with van der Waals surface area (Å²) in [5.74, 6) is -1.98. The Morgan fingerprint density at radius 3 is 1.46 bits per heavy atom. The molecule has 0 aliphatic rings. The molecule has 0 unspecified atom stereocenters. The summed E-state index contributed by atoms with van der Waals surface area (Å²) in [6.45, 7) is 0. The number of nitrogens with two attached hydrogens (primary N) is 2. The second-order valence-corrected chi connectivity index (χ2v) is 5.64. The third kappa shape index (κ3) is 7.10. The molecule has 26 heavy (non-hydrogen) atoms. The third-order valence-corrected chi connectivity index (χ3v) is 3.09. The Balaban J connectivity index is 2.79. The maximum atomic E-state index is 12.1. The van der Waals surface area contributed by atoms with Crippen LogP contribution in [-0.2, 0) is 8.37 Å². The standard InChI is InChI=1S/C12H12N6O6S2/c13-9(14)25-23-11(21)17-7(19)5-3-1-2-4-6(5)8(20)18-12(22)24-26-10(15)16/h1-4H,(H3,13,14)(H3,15,16)(H,17,19,21)(H,18,20,22). The van der Waals surface area contributed by atoms with E-state index in [2.05, 4.69) is 8.37 Å². The Morgan fingerprint density at radius 2 is 1.15 bits per heavy atom. The molecule has 1 rings (SSSR count). The Labute approximate surface area is 154 Å². The van der Waals surface area contributed by atoms with Crippen LogP contribution in [0.1, 0.15) is 20.7 Å². The molecule has 0 spiro atoms. The highest BCUT2D eigenvalue weighted by Gasteiger charge is 2.21. The van der Waals surface area contributed by atoms with Gasteiger partial charge in [0, 0.05) is 0 Å². The number of carbonyl (C=O) groups is 4. The molecule has 8 N–H and O–H groups in total. The number of benzene rings is 1. The van der Waals surface area contributed by atoms with E-state index in [0.717, 1.165) is 0 Å². The minimum Gasteiger partial charge on any atom is -0.376 e. The average molecular weight is 400 g/mol. The van der Waals surface area contributed by atoms with Crippen molar-refractivity contribution in [3.8, 4) is 0 Å². The van der Waals surface area contributed by atoms with Crippen molar-refractivity contribution in [2.45, 2.75) is 0 Å². The molecule has 14 heteroatoms. The molecular formula is C12H12N6O6S2.